The molecule has 0 heterocycles. The lowest BCUT2D eigenvalue weighted by Gasteiger charge is -2.27. The fraction of sp³-hybridized carbons (Fsp3) is 0.571. The Morgan fingerprint density at radius 3 is 2.59 bits per heavy atom. The van der Waals surface area contributed by atoms with E-state index in [4.69, 9.17) is 5.73 Å². The van der Waals surface area contributed by atoms with Crippen molar-refractivity contribution in [3.05, 3.63) is 28.2 Å². The highest BCUT2D eigenvalue weighted by Gasteiger charge is 2.12. The molecule has 96 valence electrons. The van der Waals surface area contributed by atoms with E-state index in [1.54, 1.807) is 0 Å². The van der Waals surface area contributed by atoms with Gasteiger partial charge in [-0.2, -0.15) is 0 Å². The highest BCUT2D eigenvalue weighted by Crippen LogP contribution is 2.29. The number of hydrogen-bond acceptors (Lipinski definition) is 2. The van der Waals surface area contributed by atoms with Gasteiger partial charge in [-0.05, 0) is 38.0 Å². The molecule has 0 saturated heterocycles. The van der Waals surface area contributed by atoms with Gasteiger partial charge >= 0.3 is 0 Å². The first-order valence-electron chi connectivity index (χ1n) is 6.40. The summed E-state index contributed by atoms with van der Waals surface area (Å²) in [5, 5.41) is 0. The SMILES string of the molecule is CCCCN(CC)c1cc(Br)ccc1C(C)N. The van der Waals surface area contributed by atoms with Crippen LogP contribution in [-0.4, -0.2) is 13.1 Å². The Bertz CT molecular complexity index is 350. The first-order chi connectivity index (χ1) is 8.10. The minimum absolute atomic E-state index is 0.0776. The Morgan fingerprint density at radius 1 is 1.35 bits per heavy atom. The molecule has 2 nitrogen and oxygen atoms in total. The predicted molar refractivity (Wildman–Crippen MR) is 79.5 cm³/mol. The summed E-state index contributed by atoms with van der Waals surface area (Å²) in [5.74, 6) is 0. The molecule has 0 amide bonds. The lowest BCUT2D eigenvalue weighted by Crippen LogP contribution is -2.26. The summed E-state index contributed by atoms with van der Waals surface area (Å²) >= 11 is 3.54. The fourth-order valence-corrected chi connectivity index (χ4v) is 2.32. The van der Waals surface area contributed by atoms with Gasteiger partial charge in [0.15, 0.2) is 0 Å². The average Bonchev–Trinajstić information content (AvgIpc) is 2.29. The van der Waals surface area contributed by atoms with Crippen molar-refractivity contribution in [2.45, 2.75) is 39.7 Å². The molecule has 0 spiro atoms. The van der Waals surface area contributed by atoms with Crippen molar-refractivity contribution in [1.82, 2.24) is 0 Å². The summed E-state index contributed by atoms with van der Waals surface area (Å²) in [6.45, 7) is 8.59. The van der Waals surface area contributed by atoms with Gasteiger partial charge < -0.3 is 10.6 Å². The molecule has 3 heteroatoms. The molecule has 0 aromatic heterocycles. The molecule has 0 saturated carbocycles. The molecule has 1 unspecified atom stereocenters. The third kappa shape index (κ3) is 4.00. The minimum Gasteiger partial charge on any atom is -0.372 e. The summed E-state index contributed by atoms with van der Waals surface area (Å²) in [4.78, 5) is 2.41. The van der Waals surface area contributed by atoms with E-state index >= 15 is 0 Å². The van der Waals surface area contributed by atoms with E-state index in [2.05, 4.69) is 52.9 Å². The molecule has 1 aromatic rings. The summed E-state index contributed by atoms with van der Waals surface area (Å²) in [6, 6.07) is 6.45. The normalized spacial score (nSPS) is 12.5. The van der Waals surface area contributed by atoms with Gasteiger partial charge in [-0.15, -0.1) is 0 Å². The number of halogens is 1. The second-order valence-corrected chi connectivity index (χ2v) is 5.34. The van der Waals surface area contributed by atoms with Gasteiger partial charge in [-0.1, -0.05) is 35.3 Å². The number of nitrogens with zero attached hydrogens (tertiary/aromatic N) is 1. The Morgan fingerprint density at radius 2 is 2.06 bits per heavy atom. The molecule has 0 aliphatic carbocycles. The van der Waals surface area contributed by atoms with Crippen molar-refractivity contribution in [3.63, 3.8) is 0 Å². The van der Waals surface area contributed by atoms with E-state index in [1.807, 2.05) is 6.92 Å². The van der Waals surface area contributed by atoms with E-state index in [1.165, 1.54) is 24.1 Å². The zero-order valence-corrected chi connectivity index (χ0v) is 12.6. The van der Waals surface area contributed by atoms with E-state index in [-0.39, 0.29) is 6.04 Å². The molecule has 1 atom stereocenters. The molecule has 1 aromatic carbocycles. The summed E-state index contributed by atoms with van der Waals surface area (Å²) in [7, 11) is 0. The van der Waals surface area contributed by atoms with Crippen molar-refractivity contribution < 1.29 is 0 Å². The first kappa shape index (κ1) is 14.5. The number of unbranched alkanes of at least 4 members (excludes halogenated alkanes) is 1. The Labute approximate surface area is 113 Å². The summed E-state index contributed by atoms with van der Waals surface area (Å²) < 4.78 is 1.12. The second kappa shape index (κ2) is 7.02. The number of nitrogens with two attached hydrogens (primary N) is 1. The van der Waals surface area contributed by atoms with Crippen LogP contribution in [0.5, 0.6) is 0 Å². The molecule has 17 heavy (non-hydrogen) atoms. The molecular formula is C14H23BrN2. The van der Waals surface area contributed by atoms with Crippen LogP contribution in [0.2, 0.25) is 0 Å². The molecule has 0 fully saturated rings. The summed E-state index contributed by atoms with van der Waals surface area (Å²) in [5.41, 5.74) is 8.54. The lowest BCUT2D eigenvalue weighted by atomic mass is 10.1. The molecule has 0 bridgehead atoms. The zero-order valence-electron chi connectivity index (χ0n) is 11.0. The number of anilines is 1. The van der Waals surface area contributed by atoms with Crippen LogP contribution in [0.1, 0.15) is 45.2 Å². The van der Waals surface area contributed by atoms with Crippen LogP contribution in [0.4, 0.5) is 5.69 Å². The van der Waals surface area contributed by atoms with Gasteiger partial charge in [-0.25, -0.2) is 0 Å². The van der Waals surface area contributed by atoms with Gasteiger partial charge in [0.2, 0.25) is 0 Å². The van der Waals surface area contributed by atoms with Gasteiger partial charge in [0.1, 0.15) is 0 Å². The Hall–Kier alpha value is -0.540. The smallest absolute Gasteiger partial charge is 0.0425 e. The van der Waals surface area contributed by atoms with Gasteiger partial charge in [0, 0.05) is 29.3 Å². The van der Waals surface area contributed by atoms with Crippen LogP contribution in [0, 0.1) is 0 Å². The molecular weight excluding hydrogens is 276 g/mol. The van der Waals surface area contributed by atoms with Crippen LogP contribution >= 0.6 is 15.9 Å². The maximum Gasteiger partial charge on any atom is 0.0425 e. The molecule has 1 rings (SSSR count). The van der Waals surface area contributed by atoms with Crippen LogP contribution < -0.4 is 10.6 Å². The van der Waals surface area contributed by atoms with Crippen molar-refractivity contribution in [1.29, 1.82) is 0 Å². The molecule has 2 N–H and O–H groups in total. The Kier molecular flexibility index (Phi) is 6.00. The van der Waals surface area contributed by atoms with Gasteiger partial charge in [-0.3, -0.25) is 0 Å². The average molecular weight is 299 g/mol. The van der Waals surface area contributed by atoms with Crippen molar-refractivity contribution in [2.75, 3.05) is 18.0 Å². The highest BCUT2D eigenvalue weighted by molar-refractivity contribution is 9.10. The van der Waals surface area contributed by atoms with E-state index in [0.29, 0.717) is 0 Å². The predicted octanol–water partition coefficient (Wildman–Crippen LogP) is 4.10. The van der Waals surface area contributed by atoms with Gasteiger partial charge in [0.05, 0.1) is 0 Å². The third-order valence-corrected chi connectivity index (χ3v) is 3.48. The fourth-order valence-electron chi connectivity index (χ4n) is 1.97. The first-order valence-corrected chi connectivity index (χ1v) is 7.19. The van der Waals surface area contributed by atoms with E-state index in [9.17, 15) is 0 Å². The number of benzene rings is 1. The van der Waals surface area contributed by atoms with Crippen LogP contribution in [-0.2, 0) is 0 Å². The highest BCUT2D eigenvalue weighted by atomic mass is 79.9. The number of hydrogen-bond donors (Lipinski definition) is 1. The quantitative estimate of drug-likeness (QED) is 0.857. The molecule has 0 aliphatic heterocycles. The van der Waals surface area contributed by atoms with Crippen LogP contribution in [0.15, 0.2) is 22.7 Å². The van der Waals surface area contributed by atoms with Crippen LogP contribution in [0.3, 0.4) is 0 Å². The maximum atomic E-state index is 6.04. The van der Waals surface area contributed by atoms with Crippen molar-refractivity contribution >= 4 is 21.6 Å². The third-order valence-electron chi connectivity index (χ3n) is 2.99. The topological polar surface area (TPSA) is 29.3 Å². The standard InChI is InChI=1S/C14H23BrN2/c1-4-6-9-17(5-2)14-10-12(15)7-8-13(14)11(3)16/h7-8,10-11H,4-6,9,16H2,1-3H3. The largest absolute Gasteiger partial charge is 0.372 e. The zero-order chi connectivity index (χ0) is 12.8. The van der Waals surface area contributed by atoms with Crippen LogP contribution in [0.25, 0.3) is 0 Å². The lowest BCUT2D eigenvalue weighted by molar-refractivity contribution is 0.719. The second-order valence-electron chi connectivity index (χ2n) is 4.43. The Balaban J connectivity index is 3.02. The van der Waals surface area contributed by atoms with E-state index in [0.717, 1.165) is 17.6 Å². The van der Waals surface area contributed by atoms with Gasteiger partial charge in [0.25, 0.3) is 0 Å². The minimum atomic E-state index is 0.0776. The monoisotopic (exact) mass is 298 g/mol. The molecule has 0 aliphatic rings. The van der Waals surface area contributed by atoms with Crippen molar-refractivity contribution in [2.24, 2.45) is 5.73 Å². The maximum absolute atomic E-state index is 6.04. The summed E-state index contributed by atoms with van der Waals surface area (Å²) in [6.07, 6.45) is 2.44. The van der Waals surface area contributed by atoms with E-state index < -0.39 is 0 Å². The number of rotatable bonds is 6. The molecule has 0 radical (unpaired) electrons. The van der Waals surface area contributed by atoms with Crippen molar-refractivity contribution in [3.8, 4) is 0 Å².